The second-order valence-electron chi connectivity index (χ2n) is 5.33. The van der Waals surface area contributed by atoms with E-state index >= 15 is 0 Å². The van der Waals surface area contributed by atoms with Gasteiger partial charge >= 0.3 is 0 Å². The molecule has 0 aliphatic rings. The summed E-state index contributed by atoms with van der Waals surface area (Å²) in [6, 6.07) is 0. The molecule has 0 aromatic carbocycles. The molecule has 0 amide bonds. The zero-order valence-electron chi connectivity index (χ0n) is 9.78. The van der Waals surface area contributed by atoms with Gasteiger partial charge in [0.15, 0.2) is 7.28 Å². The van der Waals surface area contributed by atoms with Gasteiger partial charge in [-0.25, -0.2) is 0 Å². The summed E-state index contributed by atoms with van der Waals surface area (Å²) >= 11 is 0. The van der Waals surface area contributed by atoms with Gasteiger partial charge < -0.3 is 0 Å². The Morgan fingerprint density at radius 2 is 1.50 bits per heavy atom. The maximum absolute atomic E-state index is 2.30. The first-order valence-electron chi connectivity index (χ1n) is 4.92. The first-order chi connectivity index (χ1) is 5.25. The third-order valence-electron chi connectivity index (χ3n) is 2.12. The Morgan fingerprint density at radius 3 is 1.58 bits per heavy atom. The summed E-state index contributed by atoms with van der Waals surface area (Å²) in [5.74, 6) is 0.772. The van der Waals surface area contributed by atoms with Gasteiger partial charge in [0, 0.05) is 0 Å². The molecular formula is C11H23B. The minimum Gasteiger partial charge on any atom is -0.101 e. The summed E-state index contributed by atoms with van der Waals surface area (Å²) in [6.45, 7) is 15.9. The first kappa shape index (κ1) is 11.8. The van der Waals surface area contributed by atoms with Crippen LogP contribution in [0.5, 0.6) is 0 Å². The largest absolute Gasteiger partial charge is 0.155 e. The lowest BCUT2D eigenvalue weighted by molar-refractivity contribution is 0.522. The van der Waals surface area contributed by atoms with Crippen molar-refractivity contribution in [3.8, 4) is 0 Å². The maximum Gasteiger partial charge on any atom is 0.155 e. The number of allylic oxidation sites excluding steroid dienone is 2. The highest BCUT2D eigenvalue weighted by molar-refractivity contribution is 6.47. The van der Waals surface area contributed by atoms with Crippen LogP contribution in [-0.4, -0.2) is 7.28 Å². The Kier molecular flexibility index (Phi) is 4.09. The van der Waals surface area contributed by atoms with Crippen LogP contribution in [0.1, 0.15) is 48.5 Å². The third kappa shape index (κ3) is 3.99. The molecule has 0 aliphatic carbocycles. The zero-order chi connectivity index (χ0) is 9.94. The van der Waals surface area contributed by atoms with E-state index in [4.69, 9.17) is 0 Å². The summed E-state index contributed by atoms with van der Waals surface area (Å²) < 4.78 is 0. The quantitative estimate of drug-likeness (QED) is 0.550. The normalized spacial score (nSPS) is 11.7. The molecule has 0 bridgehead atoms. The van der Waals surface area contributed by atoms with E-state index in [0.717, 1.165) is 5.82 Å². The molecule has 0 nitrogen and oxygen atoms in total. The van der Waals surface area contributed by atoms with Crippen molar-refractivity contribution in [1.29, 1.82) is 0 Å². The third-order valence-corrected chi connectivity index (χ3v) is 2.12. The van der Waals surface area contributed by atoms with Gasteiger partial charge in [0.1, 0.15) is 0 Å². The maximum atomic E-state index is 2.30. The topological polar surface area (TPSA) is 0 Å². The second kappa shape index (κ2) is 4.16. The Balaban J connectivity index is 4.60. The van der Waals surface area contributed by atoms with Crippen LogP contribution in [0.15, 0.2) is 11.0 Å². The van der Waals surface area contributed by atoms with E-state index in [1.54, 1.807) is 5.47 Å². The fourth-order valence-electron chi connectivity index (χ4n) is 1.67. The van der Waals surface area contributed by atoms with Gasteiger partial charge in [0.25, 0.3) is 0 Å². The van der Waals surface area contributed by atoms with E-state index < -0.39 is 0 Å². The van der Waals surface area contributed by atoms with Crippen LogP contribution in [-0.2, 0) is 0 Å². The van der Waals surface area contributed by atoms with Gasteiger partial charge in [-0.15, -0.1) is 5.47 Å². The number of hydrogen-bond acceptors (Lipinski definition) is 0. The summed E-state index contributed by atoms with van der Waals surface area (Å²) in [7, 11) is 1.24. The Labute approximate surface area is 78.7 Å². The van der Waals surface area contributed by atoms with Gasteiger partial charge in [-0.1, -0.05) is 46.0 Å². The molecule has 0 aliphatic heterocycles. The Morgan fingerprint density at radius 1 is 1.08 bits per heavy atom. The van der Waals surface area contributed by atoms with Gasteiger partial charge in [0.2, 0.25) is 0 Å². The molecule has 0 radical (unpaired) electrons. The number of rotatable bonds is 2. The van der Waals surface area contributed by atoms with Crippen molar-refractivity contribution in [3.63, 3.8) is 0 Å². The molecule has 0 aromatic rings. The molecule has 0 spiro atoms. The number of hydrogen-bond donors (Lipinski definition) is 0. The SMILES string of the molecule is CC(C)=C(BC(C)C)C(C)(C)C. The fraction of sp³-hybridized carbons (Fsp3) is 0.818. The van der Waals surface area contributed by atoms with E-state index in [1.165, 1.54) is 12.9 Å². The van der Waals surface area contributed by atoms with Crippen LogP contribution in [0.2, 0.25) is 5.82 Å². The van der Waals surface area contributed by atoms with Crippen LogP contribution in [0.4, 0.5) is 0 Å². The summed E-state index contributed by atoms with van der Waals surface area (Å²) in [4.78, 5) is 0. The van der Waals surface area contributed by atoms with Crippen molar-refractivity contribution >= 4 is 7.28 Å². The minimum atomic E-state index is 0.350. The average Bonchev–Trinajstić information content (AvgIpc) is 1.79. The molecule has 0 saturated heterocycles. The standard InChI is InChI=1S/C11H23B/c1-8(2)10(11(5,6)7)12-9(3)4/h9,12H,1-7H3. The monoisotopic (exact) mass is 166 g/mol. The van der Waals surface area contributed by atoms with Crippen molar-refractivity contribution < 1.29 is 0 Å². The molecular weight excluding hydrogens is 143 g/mol. The van der Waals surface area contributed by atoms with E-state index in [9.17, 15) is 0 Å². The molecule has 0 aromatic heterocycles. The molecule has 70 valence electrons. The van der Waals surface area contributed by atoms with E-state index in [-0.39, 0.29) is 0 Å². The molecule has 0 atom stereocenters. The lowest BCUT2D eigenvalue weighted by Gasteiger charge is -2.26. The molecule has 0 heterocycles. The predicted octanol–water partition coefficient (Wildman–Crippen LogP) is 3.59. The van der Waals surface area contributed by atoms with Crippen LogP contribution < -0.4 is 0 Å². The van der Waals surface area contributed by atoms with E-state index in [0.29, 0.717) is 5.41 Å². The minimum absolute atomic E-state index is 0.350. The summed E-state index contributed by atoms with van der Waals surface area (Å²) in [5.41, 5.74) is 3.47. The fourth-order valence-corrected chi connectivity index (χ4v) is 1.67. The Hall–Kier alpha value is -0.195. The van der Waals surface area contributed by atoms with E-state index in [1.807, 2.05) is 0 Å². The molecule has 1 heteroatoms. The van der Waals surface area contributed by atoms with Crippen LogP contribution in [0, 0.1) is 5.41 Å². The Bertz CT molecular complexity index is 166. The highest BCUT2D eigenvalue weighted by Gasteiger charge is 2.19. The molecule has 0 unspecified atom stereocenters. The van der Waals surface area contributed by atoms with Gasteiger partial charge in [0.05, 0.1) is 0 Å². The van der Waals surface area contributed by atoms with Gasteiger partial charge in [-0.05, 0) is 19.3 Å². The predicted molar refractivity (Wildman–Crippen MR) is 60.1 cm³/mol. The molecule has 12 heavy (non-hydrogen) atoms. The highest BCUT2D eigenvalue weighted by atomic mass is 14.2. The molecule has 0 N–H and O–H groups in total. The van der Waals surface area contributed by atoms with Crippen molar-refractivity contribution in [2.75, 3.05) is 0 Å². The smallest absolute Gasteiger partial charge is 0.101 e. The highest BCUT2D eigenvalue weighted by Crippen LogP contribution is 2.29. The summed E-state index contributed by atoms with van der Waals surface area (Å²) in [5, 5.41) is 0. The molecule has 0 saturated carbocycles. The van der Waals surface area contributed by atoms with Crippen molar-refractivity contribution in [3.05, 3.63) is 11.0 Å². The second-order valence-corrected chi connectivity index (χ2v) is 5.33. The van der Waals surface area contributed by atoms with Crippen molar-refractivity contribution in [2.45, 2.75) is 54.3 Å². The van der Waals surface area contributed by atoms with Crippen molar-refractivity contribution in [2.24, 2.45) is 5.41 Å². The van der Waals surface area contributed by atoms with Gasteiger partial charge in [-0.3, -0.25) is 0 Å². The van der Waals surface area contributed by atoms with E-state index in [2.05, 4.69) is 48.5 Å². The average molecular weight is 166 g/mol. The molecule has 0 fully saturated rings. The molecule has 0 rings (SSSR count). The van der Waals surface area contributed by atoms with Crippen LogP contribution in [0.25, 0.3) is 0 Å². The first-order valence-corrected chi connectivity index (χ1v) is 4.92. The zero-order valence-corrected chi connectivity index (χ0v) is 9.78. The summed E-state index contributed by atoms with van der Waals surface area (Å²) in [6.07, 6.45) is 0. The lowest BCUT2D eigenvalue weighted by Crippen LogP contribution is -2.18. The van der Waals surface area contributed by atoms with Crippen molar-refractivity contribution in [1.82, 2.24) is 0 Å². The van der Waals surface area contributed by atoms with Crippen LogP contribution in [0.3, 0.4) is 0 Å². The van der Waals surface area contributed by atoms with Crippen LogP contribution >= 0.6 is 0 Å². The van der Waals surface area contributed by atoms with Gasteiger partial charge in [-0.2, -0.15) is 0 Å². The lowest BCUT2D eigenvalue weighted by atomic mass is 9.52.